The fourth-order valence-corrected chi connectivity index (χ4v) is 3.72. The number of carbonyl (C=O) groups excluding carboxylic acids is 1. The zero-order valence-corrected chi connectivity index (χ0v) is 15.7. The van der Waals surface area contributed by atoms with Crippen molar-refractivity contribution in [2.24, 2.45) is 0 Å². The number of fused-ring (bicyclic) bond motifs is 1. The highest BCUT2D eigenvalue weighted by Crippen LogP contribution is 2.26. The number of methoxy groups -OCH3 is 1. The predicted octanol–water partition coefficient (Wildman–Crippen LogP) is 3.90. The Balaban J connectivity index is 1.56. The first-order valence-corrected chi connectivity index (χ1v) is 9.77. The Morgan fingerprint density at radius 2 is 1.92 bits per heavy atom. The quantitative estimate of drug-likeness (QED) is 0.817. The molecule has 142 valence electrons. The maximum atomic E-state index is 12.3. The predicted molar refractivity (Wildman–Crippen MR) is 104 cm³/mol. The summed E-state index contributed by atoms with van der Waals surface area (Å²) in [7, 11) is 1.70. The number of hydrogen-bond acceptors (Lipinski definition) is 3. The van der Waals surface area contributed by atoms with Crippen LogP contribution in [0.5, 0.6) is 5.75 Å². The largest absolute Gasteiger partial charge is 0.483 e. The summed E-state index contributed by atoms with van der Waals surface area (Å²) < 4.78 is 13.1. The molecule has 1 fully saturated rings. The highest BCUT2D eigenvalue weighted by molar-refractivity contribution is 5.87. The molecule has 26 heavy (non-hydrogen) atoms. The molecule has 1 aliphatic rings. The molecule has 5 heteroatoms. The molecule has 5 nitrogen and oxygen atoms in total. The smallest absolute Gasteiger partial charge is 0.258 e. The summed E-state index contributed by atoms with van der Waals surface area (Å²) in [6.07, 6.45) is 10.5. The van der Waals surface area contributed by atoms with Crippen LogP contribution in [0, 0.1) is 0 Å². The van der Waals surface area contributed by atoms with Crippen molar-refractivity contribution >= 4 is 16.8 Å². The zero-order valence-electron chi connectivity index (χ0n) is 15.7. The third-order valence-electron chi connectivity index (χ3n) is 5.14. The summed E-state index contributed by atoms with van der Waals surface area (Å²) in [5.74, 6) is 0.734. The van der Waals surface area contributed by atoms with Gasteiger partial charge in [-0.3, -0.25) is 4.79 Å². The molecule has 2 aromatic rings. The summed E-state index contributed by atoms with van der Waals surface area (Å²) in [4.78, 5) is 12.3. The van der Waals surface area contributed by atoms with E-state index >= 15 is 0 Å². The van der Waals surface area contributed by atoms with Crippen molar-refractivity contribution in [2.45, 2.75) is 57.5 Å². The lowest BCUT2D eigenvalue weighted by Crippen LogP contribution is -2.38. The maximum Gasteiger partial charge on any atom is 0.258 e. The molecular weight excluding hydrogens is 328 g/mol. The SMILES string of the molecule is COCCn1ccc2c(OCC(=O)NC3CCCCCCC3)cccc21. The van der Waals surface area contributed by atoms with Crippen LogP contribution in [0.1, 0.15) is 44.9 Å². The van der Waals surface area contributed by atoms with Crippen molar-refractivity contribution in [3.8, 4) is 5.75 Å². The van der Waals surface area contributed by atoms with Gasteiger partial charge >= 0.3 is 0 Å². The number of nitrogens with zero attached hydrogens (tertiary/aromatic N) is 1. The number of carbonyl (C=O) groups is 1. The second kappa shape index (κ2) is 9.62. The fourth-order valence-electron chi connectivity index (χ4n) is 3.72. The molecule has 1 N–H and O–H groups in total. The molecule has 1 aliphatic carbocycles. The van der Waals surface area contributed by atoms with E-state index in [2.05, 4.69) is 16.0 Å². The first-order chi connectivity index (χ1) is 12.8. The molecule has 0 bridgehead atoms. The van der Waals surface area contributed by atoms with Crippen molar-refractivity contribution in [1.29, 1.82) is 0 Å². The Labute approximate surface area is 155 Å². The van der Waals surface area contributed by atoms with Crippen LogP contribution in [0.2, 0.25) is 0 Å². The lowest BCUT2D eigenvalue weighted by Gasteiger charge is -2.21. The zero-order chi connectivity index (χ0) is 18.2. The van der Waals surface area contributed by atoms with E-state index in [1.54, 1.807) is 7.11 Å². The molecule has 0 atom stereocenters. The van der Waals surface area contributed by atoms with Crippen LogP contribution >= 0.6 is 0 Å². The molecule has 0 radical (unpaired) electrons. The van der Waals surface area contributed by atoms with Crippen molar-refractivity contribution in [3.63, 3.8) is 0 Å². The van der Waals surface area contributed by atoms with Crippen LogP contribution in [0.3, 0.4) is 0 Å². The third kappa shape index (κ3) is 5.01. The minimum atomic E-state index is -0.0219. The lowest BCUT2D eigenvalue weighted by atomic mass is 9.97. The molecule has 0 aliphatic heterocycles. The van der Waals surface area contributed by atoms with Gasteiger partial charge in [0.15, 0.2) is 6.61 Å². The van der Waals surface area contributed by atoms with Gasteiger partial charge in [-0.25, -0.2) is 0 Å². The molecule has 0 spiro atoms. The van der Waals surface area contributed by atoms with Crippen molar-refractivity contribution in [3.05, 3.63) is 30.5 Å². The summed E-state index contributed by atoms with van der Waals surface area (Å²) >= 11 is 0. The Hall–Kier alpha value is -2.01. The van der Waals surface area contributed by atoms with Gasteiger partial charge in [-0.05, 0) is 31.0 Å². The summed E-state index contributed by atoms with van der Waals surface area (Å²) in [6.45, 7) is 1.53. The van der Waals surface area contributed by atoms with Gasteiger partial charge in [0.2, 0.25) is 0 Å². The fraction of sp³-hybridized carbons (Fsp3) is 0.571. The van der Waals surface area contributed by atoms with Crippen LogP contribution in [-0.4, -0.2) is 36.8 Å². The highest BCUT2D eigenvalue weighted by atomic mass is 16.5. The van der Waals surface area contributed by atoms with Gasteiger partial charge in [0.1, 0.15) is 5.75 Å². The molecule has 0 unspecified atom stereocenters. The highest BCUT2D eigenvalue weighted by Gasteiger charge is 2.15. The van der Waals surface area contributed by atoms with Crippen LogP contribution in [-0.2, 0) is 16.1 Å². The monoisotopic (exact) mass is 358 g/mol. The molecular formula is C21H30N2O3. The van der Waals surface area contributed by atoms with E-state index in [0.717, 1.165) is 36.0 Å². The van der Waals surface area contributed by atoms with Crippen LogP contribution in [0.25, 0.3) is 10.9 Å². The average molecular weight is 358 g/mol. The minimum absolute atomic E-state index is 0.0219. The maximum absolute atomic E-state index is 12.3. The lowest BCUT2D eigenvalue weighted by molar-refractivity contribution is -0.123. The van der Waals surface area contributed by atoms with Gasteiger partial charge in [-0.1, -0.05) is 38.2 Å². The summed E-state index contributed by atoms with van der Waals surface area (Å²) in [6, 6.07) is 8.29. The van der Waals surface area contributed by atoms with Gasteiger partial charge in [-0.15, -0.1) is 0 Å². The van der Waals surface area contributed by atoms with Crippen LogP contribution in [0.15, 0.2) is 30.5 Å². The number of benzene rings is 1. The Morgan fingerprint density at radius 3 is 2.69 bits per heavy atom. The van der Waals surface area contributed by atoms with Crippen LogP contribution < -0.4 is 10.1 Å². The van der Waals surface area contributed by atoms with Gasteiger partial charge in [0, 0.05) is 31.3 Å². The van der Waals surface area contributed by atoms with E-state index < -0.39 is 0 Å². The third-order valence-corrected chi connectivity index (χ3v) is 5.14. The minimum Gasteiger partial charge on any atom is -0.483 e. The molecule has 1 aromatic heterocycles. The van der Waals surface area contributed by atoms with E-state index in [4.69, 9.17) is 9.47 Å². The molecule has 1 saturated carbocycles. The summed E-state index contributed by atoms with van der Waals surface area (Å²) in [5.41, 5.74) is 1.10. The normalized spacial score (nSPS) is 16.2. The second-order valence-electron chi connectivity index (χ2n) is 7.09. The van der Waals surface area contributed by atoms with Crippen molar-refractivity contribution in [2.75, 3.05) is 20.3 Å². The number of aromatic nitrogens is 1. The standard InChI is InChI=1S/C21H30N2O3/c1-25-15-14-23-13-12-18-19(23)10-7-11-20(18)26-16-21(24)22-17-8-5-3-2-4-6-9-17/h7,10-13,17H,2-6,8-9,14-16H2,1H3,(H,22,24). The van der Waals surface area contributed by atoms with E-state index in [0.29, 0.717) is 12.6 Å². The van der Waals surface area contributed by atoms with Crippen molar-refractivity contribution in [1.82, 2.24) is 9.88 Å². The summed E-state index contributed by atoms with van der Waals surface area (Å²) in [5, 5.41) is 4.18. The first-order valence-electron chi connectivity index (χ1n) is 9.77. The number of nitrogens with one attached hydrogen (secondary N) is 1. The molecule has 1 aromatic carbocycles. The van der Waals surface area contributed by atoms with Gasteiger partial charge in [-0.2, -0.15) is 0 Å². The van der Waals surface area contributed by atoms with Gasteiger partial charge in [0.05, 0.1) is 12.1 Å². The Morgan fingerprint density at radius 1 is 1.15 bits per heavy atom. The van der Waals surface area contributed by atoms with Gasteiger partial charge in [0.25, 0.3) is 5.91 Å². The van der Waals surface area contributed by atoms with E-state index in [-0.39, 0.29) is 12.5 Å². The van der Waals surface area contributed by atoms with E-state index in [9.17, 15) is 4.79 Å². The number of rotatable bonds is 7. The molecule has 1 heterocycles. The van der Waals surface area contributed by atoms with Gasteiger partial charge < -0.3 is 19.4 Å². The number of ether oxygens (including phenoxy) is 2. The van der Waals surface area contributed by atoms with E-state index in [1.165, 1.54) is 32.1 Å². The second-order valence-corrected chi connectivity index (χ2v) is 7.09. The molecule has 3 rings (SSSR count). The topological polar surface area (TPSA) is 52.5 Å². The Kier molecular flexibility index (Phi) is 6.95. The van der Waals surface area contributed by atoms with Crippen LogP contribution in [0.4, 0.5) is 0 Å². The molecule has 1 amide bonds. The number of hydrogen-bond donors (Lipinski definition) is 1. The molecule has 0 saturated heterocycles. The average Bonchev–Trinajstić information content (AvgIpc) is 3.04. The number of amides is 1. The first kappa shape index (κ1) is 18.8. The Bertz CT molecular complexity index is 702. The van der Waals surface area contributed by atoms with Crippen molar-refractivity contribution < 1.29 is 14.3 Å². The van der Waals surface area contributed by atoms with E-state index in [1.807, 2.05) is 24.4 Å².